The Morgan fingerprint density at radius 3 is 2.66 bits per heavy atom. The van der Waals surface area contributed by atoms with Gasteiger partial charge in [0.25, 0.3) is 0 Å². The molecule has 0 saturated carbocycles. The molecular formula is C24H29N5. The average Bonchev–Trinajstić information content (AvgIpc) is 2.75. The van der Waals surface area contributed by atoms with Crippen molar-refractivity contribution in [3.05, 3.63) is 72.4 Å². The first-order valence-corrected chi connectivity index (χ1v) is 10.5. The Morgan fingerprint density at radius 1 is 1.03 bits per heavy atom. The SMILES string of the molecule is Cc1nccc(-c2cccc(N3CCC(NC(C)Cc4ccccn4)CC3)c2)n1. The van der Waals surface area contributed by atoms with Gasteiger partial charge in [0.05, 0.1) is 5.69 Å². The molecule has 0 spiro atoms. The number of nitrogens with one attached hydrogen (secondary N) is 1. The molecule has 1 fully saturated rings. The number of benzene rings is 1. The summed E-state index contributed by atoms with van der Waals surface area (Å²) in [7, 11) is 0. The maximum atomic E-state index is 4.56. The van der Waals surface area contributed by atoms with Gasteiger partial charge in [-0.15, -0.1) is 0 Å². The maximum Gasteiger partial charge on any atom is 0.125 e. The summed E-state index contributed by atoms with van der Waals surface area (Å²) in [6, 6.07) is 17.8. The lowest BCUT2D eigenvalue weighted by molar-refractivity contribution is 0.374. The number of piperidine rings is 1. The van der Waals surface area contributed by atoms with Gasteiger partial charge in [0.1, 0.15) is 5.82 Å². The summed E-state index contributed by atoms with van der Waals surface area (Å²) in [5.74, 6) is 0.805. The minimum absolute atomic E-state index is 0.436. The summed E-state index contributed by atoms with van der Waals surface area (Å²) >= 11 is 0. The number of aromatic nitrogens is 3. The molecule has 3 heterocycles. The van der Waals surface area contributed by atoms with Gasteiger partial charge in [0, 0.05) is 60.9 Å². The minimum Gasteiger partial charge on any atom is -0.371 e. The number of hydrogen-bond acceptors (Lipinski definition) is 5. The molecule has 4 rings (SSSR count). The van der Waals surface area contributed by atoms with E-state index >= 15 is 0 Å². The highest BCUT2D eigenvalue weighted by atomic mass is 15.1. The third-order valence-corrected chi connectivity index (χ3v) is 5.54. The zero-order chi connectivity index (χ0) is 20.1. The van der Waals surface area contributed by atoms with Crippen molar-refractivity contribution in [1.29, 1.82) is 0 Å². The minimum atomic E-state index is 0.436. The van der Waals surface area contributed by atoms with Crippen LogP contribution in [0, 0.1) is 6.92 Å². The Kier molecular flexibility index (Phi) is 6.15. The molecule has 3 aromatic rings. The second kappa shape index (κ2) is 9.14. The second-order valence-corrected chi connectivity index (χ2v) is 7.89. The van der Waals surface area contributed by atoms with E-state index in [1.165, 1.54) is 5.69 Å². The molecule has 1 unspecified atom stereocenters. The van der Waals surface area contributed by atoms with Crippen LogP contribution in [0.15, 0.2) is 60.9 Å². The number of rotatable bonds is 6. The van der Waals surface area contributed by atoms with Crippen LogP contribution in [-0.2, 0) is 6.42 Å². The number of nitrogens with zero attached hydrogens (tertiary/aromatic N) is 4. The Balaban J connectivity index is 1.33. The van der Waals surface area contributed by atoms with Crippen LogP contribution in [0.2, 0.25) is 0 Å². The van der Waals surface area contributed by atoms with Crippen LogP contribution in [0.3, 0.4) is 0 Å². The highest BCUT2D eigenvalue weighted by Gasteiger charge is 2.21. The molecule has 150 valence electrons. The van der Waals surface area contributed by atoms with Crippen molar-refractivity contribution in [2.45, 2.75) is 45.2 Å². The van der Waals surface area contributed by atoms with Gasteiger partial charge < -0.3 is 10.2 Å². The van der Waals surface area contributed by atoms with E-state index < -0.39 is 0 Å². The van der Waals surface area contributed by atoms with Gasteiger partial charge in [-0.2, -0.15) is 0 Å². The van der Waals surface area contributed by atoms with E-state index in [0.29, 0.717) is 12.1 Å². The van der Waals surface area contributed by atoms with Gasteiger partial charge in [-0.05, 0) is 57.0 Å². The fourth-order valence-corrected chi connectivity index (χ4v) is 4.08. The first-order valence-electron chi connectivity index (χ1n) is 10.5. The summed E-state index contributed by atoms with van der Waals surface area (Å²) in [6.45, 7) is 6.33. The van der Waals surface area contributed by atoms with Crippen LogP contribution in [0.25, 0.3) is 11.3 Å². The number of aryl methyl sites for hydroxylation is 1. The fourth-order valence-electron chi connectivity index (χ4n) is 4.08. The molecule has 1 aromatic carbocycles. The van der Waals surface area contributed by atoms with Crippen molar-refractivity contribution in [2.75, 3.05) is 18.0 Å². The zero-order valence-corrected chi connectivity index (χ0v) is 17.3. The Bertz CT molecular complexity index is 919. The topological polar surface area (TPSA) is 53.9 Å². The van der Waals surface area contributed by atoms with Crippen molar-refractivity contribution >= 4 is 5.69 Å². The molecular weight excluding hydrogens is 358 g/mol. The quantitative estimate of drug-likeness (QED) is 0.692. The Labute approximate surface area is 173 Å². The first kappa shape index (κ1) is 19.5. The molecule has 5 heteroatoms. The van der Waals surface area contributed by atoms with Crippen molar-refractivity contribution < 1.29 is 0 Å². The van der Waals surface area contributed by atoms with Crippen LogP contribution < -0.4 is 10.2 Å². The molecule has 1 aliphatic heterocycles. The molecule has 2 aromatic heterocycles. The van der Waals surface area contributed by atoms with Gasteiger partial charge in [-0.1, -0.05) is 18.2 Å². The molecule has 0 bridgehead atoms. The second-order valence-electron chi connectivity index (χ2n) is 7.89. The standard InChI is InChI=1S/C24H29N5/c1-18(16-22-7-3-4-12-26-22)27-21-10-14-29(15-11-21)23-8-5-6-20(17-23)24-9-13-25-19(2)28-24/h3-9,12-13,17-18,21,27H,10-11,14-16H2,1-2H3. The highest BCUT2D eigenvalue weighted by Crippen LogP contribution is 2.26. The summed E-state index contributed by atoms with van der Waals surface area (Å²) in [6.07, 6.45) is 6.99. The third-order valence-electron chi connectivity index (χ3n) is 5.54. The van der Waals surface area contributed by atoms with Gasteiger partial charge in [0.2, 0.25) is 0 Å². The summed E-state index contributed by atoms with van der Waals surface area (Å²) < 4.78 is 0. The lowest BCUT2D eigenvalue weighted by atomic mass is 10.0. The van der Waals surface area contributed by atoms with E-state index in [0.717, 1.165) is 55.1 Å². The number of hydrogen-bond donors (Lipinski definition) is 1. The van der Waals surface area contributed by atoms with E-state index in [9.17, 15) is 0 Å². The van der Waals surface area contributed by atoms with Gasteiger partial charge >= 0.3 is 0 Å². The largest absolute Gasteiger partial charge is 0.371 e. The lowest BCUT2D eigenvalue weighted by Crippen LogP contribution is -2.46. The molecule has 0 radical (unpaired) electrons. The lowest BCUT2D eigenvalue weighted by Gasteiger charge is -2.35. The van der Waals surface area contributed by atoms with Crippen LogP contribution in [0.4, 0.5) is 5.69 Å². The van der Waals surface area contributed by atoms with Crippen molar-refractivity contribution in [3.8, 4) is 11.3 Å². The molecule has 5 nitrogen and oxygen atoms in total. The van der Waals surface area contributed by atoms with Gasteiger partial charge in [-0.25, -0.2) is 9.97 Å². The third kappa shape index (κ3) is 5.18. The normalized spacial score (nSPS) is 16.0. The van der Waals surface area contributed by atoms with E-state index in [-0.39, 0.29) is 0 Å². The number of anilines is 1. The molecule has 1 N–H and O–H groups in total. The van der Waals surface area contributed by atoms with Crippen LogP contribution in [0.5, 0.6) is 0 Å². The van der Waals surface area contributed by atoms with Crippen LogP contribution >= 0.6 is 0 Å². The smallest absolute Gasteiger partial charge is 0.125 e. The zero-order valence-electron chi connectivity index (χ0n) is 17.3. The predicted octanol–water partition coefficient (Wildman–Crippen LogP) is 4.04. The summed E-state index contributed by atoms with van der Waals surface area (Å²) in [5.41, 5.74) is 4.57. The fraction of sp³-hybridized carbons (Fsp3) is 0.375. The Hall–Kier alpha value is -2.79. The Morgan fingerprint density at radius 2 is 1.90 bits per heavy atom. The maximum absolute atomic E-state index is 4.56. The highest BCUT2D eigenvalue weighted by molar-refractivity contribution is 5.65. The van der Waals surface area contributed by atoms with Crippen molar-refractivity contribution in [2.24, 2.45) is 0 Å². The first-order chi connectivity index (χ1) is 14.2. The molecule has 0 aliphatic carbocycles. The van der Waals surface area contributed by atoms with Gasteiger partial charge in [-0.3, -0.25) is 4.98 Å². The van der Waals surface area contributed by atoms with E-state index in [2.05, 4.69) is 68.5 Å². The van der Waals surface area contributed by atoms with Gasteiger partial charge in [0.15, 0.2) is 0 Å². The molecule has 1 aliphatic rings. The molecule has 0 amide bonds. The van der Waals surface area contributed by atoms with Crippen LogP contribution in [0.1, 0.15) is 31.3 Å². The van der Waals surface area contributed by atoms with Crippen molar-refractivity contribution in [3.63, 3.8) is 0 Å². The van der Waals surface area contributed by atoms with Crippen molar-refractivity contribution in [1.82, 2.24) is 20.3 Å². The number of pyridine rings is 1. The van der Waals surface area contributed by atoms with E-state index in [4.69, 9.17) is 0 Å². The average molecular weight is 388 g/mol. The summed E-state index contributed by atoms with van der Waals surface area (Å²) in [4.78, 5) is 15.7. The predicted molar refractivity (Wildman–Crippen MR) is 118 cm³/mol. The summed E-state index contributed by atoms with van der Waals surface area (Å²) in [5, 5.41) is 3.80. The molecule has 1 saturated heterocycles. The molecule has 29 heavy (non-hydrogen) atoms. The molecule has 1 atom stereocenters. The van der Waals surface area contributed by atoms with E-state index in [1.54, 1.807) is 0 Å². The van der Waals surface area contributed by atoms with Crippen LogP contribution in [-0.4, -0.2) is 40.1 Å². The monoisotopic (exact) mass is 387 g/mol. The van der Waals surface area contributed by atoms with E-state index in [1.807, 2.05) is 31.5 Å².